The van der Waals surface area contributed by atoms with Crippen LogP contribution in [0.1, 0.15) is 18.1 Å². The molecule has 2 aromatic rings. The maximum atomic E-state index is 9.10. The van der Waals surface area contributed by atoms with Gasteiger partial charge in [0, 0.05) is 11.6 Å². The Hall–Kier alpha value is -2.77. The third kappa shape index (κ3) is 8.75. The van der Waals surface area contributed by atoms with Crippen LogP contribution in [0.2, 0.25) is 5.02 Å². The first-order valence-corrected chi connectivity index (χ1v) is 8.96. The SMILES string of the molecule is CCOc1cc(CNCCc2cccc(Cl)c2)ccc1OC.O=C(O)C(=O)O. The number of aliphatic carboxylic acids is 2. The topological polar surface area (TPSA) is 105 Å². The molecule has 0 saturated heterocycles. The number of carbonyl (C=O) groups is 2. The summed E-state index contributed by atoms with van der Waals surface area (Å²) in [4.78, 5) is 18.2. The highest BCUT2D eigenvalue weighted by atomic mass is 35.5. The maximum absolute atomic E-state index is 9.10. The second kappa shape index (κ2) is 12.6. The van der Waals surface area contributed by atoms with Gasteiger partial charge in [0.2, 0.25) is 0 Å². The van der Waals surface area contributed by atoms with Gasteiger partial charge in [0.15, 0.2) is 11.5 Å². The Morgan fingerprint density at radius 3 is 2.32 bits per heavy atom. The average Bonchev–Trinajstić information content (AvgIpc) is 2.66. The summed E-state index contributed by atoms with van der Waals surface area (Å²) in [6, 6.07) is 14.0. The molecule has 8 heteroatoms. The summed E-state index contributed by atoms with van der Waals surface area (Å²) in [7, 11) is 1.65. The Kier molecular flexibility index (Phi) is 10.5. The van der Waals surface area contributed by atoms with Gasteiger partial charge in [-0.25, -0.2) is 9.59 Å². The number of ether oxygens (including phenoxy) is 2. The largest absolute Gasteiger partial charge is 0.493 e. The third-order valence-electron chi connectivity index (χ3n) is 3.52. The molecule has 2 rings (SSSR count). The molecule has 2 aromatic carbocycles. The van der Waals surface area contributed by atoms with Gasteiger partial charge in [-0.3, -0.25) is 0 Å². The van der Waals surface area contributed by atoms with E-state index < -0.39 is 11.9 Å². The summed E-state index contributed by atoms with van der Waals surface area (Å²) in [5.41, 5.74) is 2.42. The number of carboxylic acids is 2. The van der Waals surface area contributed by atoms with Crippen LogP contribution in [0.4, 0.5) is 0 Å². The van der Waals surface area contributed by atoms with Gasteiger partial charge >= 0.3 is 11.9 Å². The van der Waals surface area contributed by atoms with E-state index in [-0.39, 0.29) is 0 Å². The molecule has 0 fully saturated rings. The summed E-state index contributed by atoms with van der Waals surface area (Å²) in [5.74, 6) is -2.09. The Morgan fingerprint density at radius 1 is 1.04 bits per heavy atom. The molecule has 0 aliphatic carbocycles. The zero-order valence-electron chi connectivity index (χ0n) is 15.8. The number of nitrogens with one attached hydrogen (secondary N) is 1. The molecule has 7 nitrogen and oxygen atoms in total. The van der Waals surface area contributed by atoms with Crippen molar-refractivity contribution < 1.29 is 29.3 Å². The van der Waals surface area contributed by atoms with Gasteiger partial charge in [-0.15, -0.1) is 0 Å². The summed E-state index contributed by atoms with van der Waals surface area (Å²) in [5, 5.41) is 19.0. The van der Waals surface area contributed by atoms with Crippen molar-refractivity contribution >= 4 is 23.5 Å². The van der Waals surface area contributed by atoms with Gasteiger partial charge in [0.1, 0.15) is 0 Å². The molecule has 0 atom stereocenters. The second-order valence-corrected chi connectivity index (χ2v) is 6.02. The van der Waals surface area contributed by atoms with Crippen LogP contribution in [0.25, 0.3) is 0 Å². The Morgan fingerprint density at radius 2 is 1.75 bits per heavy atom. The number of halogens is 1. The highest BCUT2D eigenvalue weighted by molar-refractivity contribution is 6.30. The van der Waals surface area contributed by atoms with E-state index in [0.29, 0.717) is 6.61 Å². The standard InChI is InChI=1S/C18H22ClNO2.C2H2O4/c1-3-22-18-12-15(7-8-17(18)21-2)13-20-10-9-14-5-4-6-16(19)11-14;3-1(4)2(5)6/h4-8,11-12,20H,3,9-10,13H2,1-2H3;(H,3,4)(H,5,6). The lowest BCUT2D eigenvalue weighted by molar-refractivity contribution is -0.159. The summed E-state index contributed by atoms with van der Waals surface area (Å²) in [6.45, 7) is 4.29. The van der Waals surface area contributed by atoms with Crippen LogP contribution >= 0.6 is 11.6 Å². The molecule has 0 amide bonds. The summed E-state index contributed by atoms with van der Waals surface area (Å²) >= 11 is 5.98. The average molecular weight is 410 g/mol. The van der Waals surface area contributed by atoms with Crippen molar-refractivity contribution in [3.8, 4) is 11.5 Å². The fourth-order valence-electron chi connectivity index (χ4n) is 2.26. The molecule has 3 N–H and O–H groups in total. The molecule has 0 aliphatic heterocycles. The van der Waals surface area contributed by atoms with Crippen molar-refractivity contribution in [1.82, 2.24) is 5.32 Å². The second-order valence-electron chi connectivity index (χ2n) is 5.59. The summed E-state index contributed by atoms with van der Waals surface area (Å²) < 4.78 is 10.9. The van der Waals surface area contributed by atoms with Crippen molar-refractivity contribution in [3.63, 3.8) is 0 Å². The van der Waals surface area contributed by atoms with Crippen LogP contribution in [0, 0.1) is 0 Å². The minimum absolute atomic E-state index is 0.627. The maximum Gasteiger partial charge on any atom is 0.414 e. The first-order chi connectivity index (χ1) is 13.4. The van der Waals surface area contributed by atoms with E-state index in [4.69, 9.17) is 40.9 Å². The van der Waals surface area contributed by atoms with Gasteiger partial charge in [-0.1, -0.05) is 29.8 Å². The van der Waals surface area contributed by atoms with E-state index in [1.807, 2.05) is 43.3 Å². The predicted octanol–water partition coefficient (Wildman–Crippen LogP) is 3.24. The molecule has 0 spiro atoms. The van der Waals surface area contributed by atoms with Crippen LogP contribution in [0.5, 0.6) is 11.5 Å². The van der Waals surface area contributed by atoms with Crippen LogP contribution in [-0.2, 0) is 22.6 Å². The first-order valence-electron chi connectivity index (χ1n) is 8.58. The van der Waals surface area contributed by atoms with E-state index >= 15 is 0 Å². The normalized spacial score (nSPS) is 9.82. The molecule has 0 radical (unpaired) electrons. The zero-order chi connectivity index (χ0) is 20.9. The Bertz CT molecular complexity index is 769. The first kappa shape index (κ1) is 23.3. The Balaban J connectivity index is 0.000000568. The van der Waals surface area contributed by atoms with Crippen molar-refractivity contribution in [2.45, 2.75) is 19.9 Å². The lowest BCUT2D eigenvalue weighted by atomic mass is 10.1. The van der Waals surface area contributed by atoms with Crippen LogP contribution in [-0.4, -0.2) is 42.4 Å². The monoisotopic (exact) mass is 409 g/mol. The number of carboxylic acid groups (broad SMARTS) is 2. The minimum Gasteiger partial charge on any atom is -0.493 e. The number of rotatable bonds is 8. The molecule has 0 aromatic heterocycles. The molecule has 0 bridgehead atoms. The van der Waals surface area contributed by atoms with E-state index in [2.05, 4.69) is 11.4 Å². The predicted molar refractivity (Wildman–Crippen MR) is 106 cm³/mol. The van der Waals surface area contributed by atoms with Crippen LogP contribution in [0.3, 0.4) is 0 Å². The highest BCUT2D eigenvalue weighted by Crippen LogP contribution is 2.27. The number of methoxy groups -OCH3 is 1. The van der Waals surface area contributed by atoms with Crippen molar-refractivity contribution in [1.29, 1.82) is 0 Å². The Labute approximate surface area is 168 Å². The van der Waals surface area contributed by atoms with Gasteiger partial charge in [-0.05, 0) is 55.3 Å². The van der Waals surface area contributed by atoms with Crippen molar-refractivity contribution in [2.24, 2.45) is 0 Å². The highest BCUT2D eigenvalue weighted by Gasteiger charge is 2.05. The molecule has 0 unspecified atom stereocenters. The number of hydrogen-bond donors (Lipinski definition) is 3. The third-order valence-corrected chi connectivity index (χ3v) is 3.75. The van der Waals surface area contributed by atoms with Crippen LogP contribution < -0.4 is 14.8 Å². The fraction of sp³-hybridized carbons (Fsp3) is 0.300. The number of hydrogen-bond acceptors (Lipinski definition) is 5. The minimum atomic E-state index is -1.82. The summed E-state index contributed by atoms with van der Waals surface area (Å²) in [6.07, 6.45) is 0.953. The van der Waals surface area contributed by atoms with Gasteiger partial charge in [0.05, 0.1) is 13.7 Å². The van der Waals surface area contributed by atoms with Crippen molar-refractivity contribution in [2.75, 3.05) is 20.3 Å². The van der Waals surface area contributed by atoms with E-state index in [1.54, 1.807) is 7.11 Å². The smallest absolute Gasteiger partial charge is 0.414 e. The number of benzene rings is 2. The van der Waals surface area contributed by atoms with E-state index in [9.17, 15) is 0 Å². The van der Waals surface area contributed by atoms with Gasteiger partial charge in [-0.2, -0.15) is 0 Å². The molecule has 0 saturated carbocycles. The van der Waals surface area contributed by atoms with E-state index in [1.165, 1.54) is 11.1 Å². The molecule has 152 valence electrons. The zero-order valence-corrected chi connectivity index (χ0v) is 16.5. The lowest BCUT2D eigenvalue weighted by Gasteiger charge is -2.11. The fourth-order valence-corrected chi connectivity index (χ4v) is 2.47. The molecular weight excluding hydrogens is 386 g/mol. The van der Waals surface area contributed by atoms with Gasteiger partial charge < -0.3 is 25.0 Å². The van der Waals surface area contributed by atoms with Gasteiger partial charge in [0.25, 0.3) is 0 Å². The molecule has 28 heavy (non-hydrogen) atoms. The quantitative estimate of drug-likeness (QED) is 0.454. The van der Waals surface area contributed by atoms with Crippen molar-refractivity contribution in [3.05, 3.63) is 58.6 Å². The molecular formula is C20H24ClNO6. The lowest BCUT2D eigenvalue weighted by Crippen LogP contribution is -2.16. The molecule has 0 aliphatic rings. The molecule has 0 heterocycles. The van der Waals surface area contributed by atoms with Crippen LogP contribution in [0.15, 0.2) is 42.5 Å². The van der Waals surface area contributed by atoms with E-state index in [0.717, 1.165) is 36.0 Å².